The quantitative estimate of drug-likeness (QED) is 0.248. The molecule has 0 saturated carbocycles. The van der Waals surface area contributed by atoms with Gasteiger partial charge in [-0.3, -0.25) is 0 Å². The Kier molecular flexibility index (Phi) is 10.3. The number of aliphatic hydroxyl groups is 1. The van der Waals surface area contributed by atoms with Crippen molar-refractivity contribution >= 4 is 18.4 Å². The number of carboxylic acids is 1. The number of rotatable bonds is 10. The van der Waals surface area contributed by atoms with E-state index in [1.54, 1.807) is 30.3 Å². The minimum absolute atomic E-state index is 0. The van der Waals surface area contributed by atoms with Gasteiger partial charge in [0.1, 0.15) is 18.1 Å². The van der Waals surface area contributed by atoms with Gasteiger partial charge in [0.25, 0.3) is 0 Å². The van der Waals surface area contributed by atoms with E-state index < -0.39 is 12.1 Å². The molecule has 3 aromatic rings. The van der Waals surface area contributed by atoms with E-state index in [1.807, 2.05) is 46.8 Å². The van der Waals surface area contributed by atoms with Crippen molar-refractivity contribution < 1.29 is 24.9 Å². The highest BCUT2D eigenvalue weighted by atomic mass is 35.5. The van der Waals surface area contributed by atoms with Crippen LogP contribution in [0.15, 0.2) is 54.6 Å². The highest BCUT2D eigenvalue weighted by Gasteiger charge is 2.17. The molecular weight excluding hydrogens is 478 g/mol. The smallest absolute Gasteiger partial charge is 0.335 e. The second kappa shape index (κ2) is 12.8. The molecule has 0 aliphatic carbocycles. The van der Waals surface area contributed by atoms with Gasteiger partial charge in [-0.25, -0.2) is 4.79 Å². The number of hydrogen-bond donors (Lipinski definition) is 4. The van der Waals surface area contributed by atoms with Crippen molar-refractivity contribution in [3.8, 4) is 22.6 Å². The monoisotopic (exact) mass is 513 g/mol. The normalized spacial score (nSPS) is 12.6. The van der Waals surface area contributed by atoms with Crippen molar-refractivity contribution in [2.24, 2.45) is 0 Å². The molecule has 0 bridgehead atoms. The first-order valence-electron chi connectivity index (χ1n) is 11.9. The minimum atomic E-state index is -0.908. The molecule has 36 heavy (non-hydrogen) atoms. The fraction of sp³-hybridized carbons (Fsp3) is 0.345. The van der Waals surface area contributed by atoms with Crippen LogP contribution < -0.4 is 10.1 Å². The molecule has 0 aliphatic rings. The minimum Gasteiger partial charge on any atom is -0.508 e. The fourth-order valence-corrected chi connectivity index (χ4v) is 4.27. The maximum atomic E-state index is 11.6. The van der Waals surface area contributed by atoms with Crippen LogP contribution >= 0.6 is 12.4 Å². The second-order valence-electron chi connectivity index (χ2n) is 9.33. The number of hydrogen-bond acceptors (Lipinski definition) is 5. The number of phenolic OH excluding ortho intramolecular Hbond substituents is 1. The maximum absolute atomic E-state index is 11.6. The Morgan fingerprint density at radius 3 is 2.11 bits per heavy atom. The molecule has 0 fully saturated rings. The SMILES string of the molecule is Cc1cc(-c2ccc(C(=O)O)c(C(C)C)c2)cc(C)c1OCCN[C@@H](C)[C@@H](O)c1ccc(O)cc1.Cl. The molecule has 7 heteroatoms. The number of aromatic hydroxyl groups is 1. The first kappa shape index (κ1) is 29.2. The van der Waals surface area contributed by atoms with Crippen LogP contribution in [0.3, 0.4) is 0 Å². The molecule has 3 aromatic carbocycles. The van der Waals surface area contributed by atoms with Crippen molar-refractivity contribution in [2.45, 2.75) is 52.7 Å². The van der Waals surface area contributed by atoms with Gasteiger partial charge >= 0.3 is 5.97 Å². The molecule has 2 atom stereocenters. The lowest BCUT2D eigenvalue weighted by atomic mass is 9.91. The predicted molar refractivity (Wildman–Crippen MR) is 146 cm³/mol. The zero-order valence-electron chi connectivity index (χ0n) is 21.4. The maximum Gasteiger partial charge on any atom is 0.335 e. The van der Waals surface area contributed by atoms with E-state index in [2.05, 4.69) is 17.4 Å². The van der Waals surface area contributed by atoms with Crippen molar-refractivity contribution in [1.82, 2.24) is 5.32 Å². The molecule has 3 rings (SSSR count). The molecule has 0 heterocycles. The lowest BCUT2D eigenvalue weighted by Crippen LogP contribution is -2.35. The van der Waals surface area contributed by atoms with Crippen molar-refractivity contribution in [3.63, 3.8) is 0 Å². The molecule has 194 valence electrons. The van der Waals surface area contributed by atoms with Crippen LogP contribution in [0.5, 0.6) is 11.5 Å². The Balaban J connectivity index is 0.00000456. The van der Waals surface area contributed by atoms with Crippen LogP contribution in [0.2, 0.25) is 0 Å². The number of nitrogens with one attached hydrogen (secondary N) is 1. The van der Waals surface area contributed by atoms with Crippen LogP contribution in [-0.2, 0) is 0 Å². The van der Waals surface area contributed by atoms with E-state index in [-0.39, 0.29) is 30.1 Å². The summed E-state index contributed by atoms with van der Waals surface area (Å²) in [4.78, 5) is 11.6. The molecule has 0 aliphatic heterocycles. The summed E-state index contributed by atoms with van der Waals surface area (Å²) < 4.78 is 6.07. The van der Waals surface area contributed by atoms with Crippen LogP contribution in [0.1, 0.15) is 65.4 Å². The molecular formula is C29H36ClNO5. The summed E-state index contributed by atoms with van der Waals surface area (Å²) in [6, 6.07) is 16.0. The third-order valence-corrected chi connectivity index (χ3v) is 6.22. The molecule has 0 saturated heterocycles. The van der Waals surface area contributed by atoms with Gasteiger partial charge in [0.15, 0.2) is 0 Å². The Hall–Kier alpha value is -3.06. The summed E-state index contributed by atoms with van der Waals surface area (Å²) in [7, 11) is 0. The van der Waals surface area contributed by atoms with E-state index >= 15 is 0 Å². The van der Waals surface area contributed by atoms with Gasteiger partial charge in [-0.2, -0.15) is 0 Å². The topological polar surface area (TPSA) is 99.0 Å². The first-order chi connectivity index (χ1) is 16.6. The van der Waals surface area contributed by atoms with Crippen molar-refractivity contribution in [2.75, 3.05) is 13.2 Å². The number of halogens is 1. The molecule has 0 amide bonds. The average molecular weight is 514 g/mol. The van der Waals surface area contributed by atoms with Gasteiger partial charge in [-0.05, 0) is 90.4 Å². The Labute approximate surface area is 219 Å². The summed E-state index contributed by atoms with van der Waals surface area (Å²) in [6.07, 6.45) is -0.693. The largest absolute Gasteiger partial charge is 0.508 e. The van der Waals surface area contributed by atoms with Crippen molar-refractivity contribution in [3.05, 3.63) is 82.4 Å². The third-order valence-electron chi connectivity index (χ3n) is 6.22. The number of benzene rings is 3. The highest BCUT2D eigenvalue weighted by molar-refractivity contribution is 5.90. The molecule has 0 aromatic heterocycles. The van der Waals surface area contributed by atoms with Crippen LogP contribution in [0.4, 0.5) is 0 Å². The summed E-state index contributed by atoms with van der Waals surface area (Å²) in [5.74, 6) is 0.195. The molecule has 0 radical (unpaired) electrons. The average Bonchev–Trinajstić information content (AvgIpc) is 2.82. The van der Waals surface area contributed by atoms with E-state index in [0.717, 1.165) is 39.1 Å². The number of aryl methyl sites for hydroxylation is 2. The van der Waals surface area contributed by atoms with Gasteiger partial charge in [0.05, 0.1) is 11.7 Å². The number of carboxylic acid groups (broad SMARTS) is 1. The number of phenols is 1. The molecule has 4 N–H and O–H groups in total. The van der Waals surface area contributed by atoms with E-state index in [9.17, 15) is 20.1 Å². The van der Waals surface area contributed by atoms with Crippen LogP contribution in [-0.4, -0.2) is 40.5 Å². The zero-order chi connectivity index (χ0) is 25.7. The summed E-state index contributed by atoms with van der Waals surface area (Å²) >= 11 is 0. The van der Waals surface area contributed by atoms with E-state index in [1.165, 1.54) is 0 Å². The van der Waals surface area contributed by atoms with Gasteiger partial charge in [-0.1, -0.05) is 38.1 Å². The lowest BCUT2D eigenvalue weighted by molar-refractivity contribution is 0.0695. The first-order valence-corrected chi connectivity index (χ1v) is 11.9. The Morgan fingerprint density at radius 1 is 0.944 bits per heavy atom. The summed E-state index contributed by atoms with van der Waals surface area (Å²) in [5, 5.41) is 32.7. The summed E-state index contributed by atoms with van der Waals surface area (Å²) in [5.41, 5.74) is 5.92. The highest BCUT2D eigenvalue weighted by Crippen LogP contribution is 2.32. The lowest BCUT2D eigenvalue weighted by Gasteiger charge is -2.21. The zero-order valence-corrected chi connectivity index (χ0v) is 22.2. The second-order valence-corrected chi connectivity index (χ2v) is 9.33. The number of ether oxygens (including phenoxy) is 1. The molecule has 6 nitrogen and oxygen atoms in total. The van der Waals surface area contributed by atoms with Crippen LogP contribution in [0.25, 0.3) is 11.1 Å². The molecule has 0 unspecified atom stereocenters. The Bertz CT molecular complexity index is 1150. The predicted octanol–water partition coefficient (Wildman–Crippen LogP) is 6.01. The number of aromatic carboxylic acids is 1. The van der Waals surface area contributed by atoms with E-state index in [0.29, 0.717) is 18.7 Å². The van der Waals surface area contributed by atoms with E-state index in [4.69, 9.17) is 4.74 Å². The van der Waals surface area contributed by atoms with Crippen LogP contribution in [0, 0.1) is 13.8 Å². The van der Waals surface area contributed by atoms with Gasteiger partial charge in [0, 0.05) is 12.6 Å². The molecule has 0 spiro atoms. The van der Waals surface area contributed by atoms with Crippen molar-refractivity contribution in [1.29, 1.82) is 0 Å². The fourth-order valence-electron chi connectivity index (χ4n) is 4.27. The van der Waals surface area contributed by atoms with Gasteiger partial charge in [-0.15, -0.1) is 12.4 Å². The number of carbonyl (C=O) groups is 1. The summed E-state index contributed by atoms with van der Waals surface area (Å²) in [6.45, 7) is 10.9. The number of aliphatic hydroxyl groups excluding tert-OH is 1. The standard InChI is InChI=1S/C29H35NO5.ClH/c1-17(2)26-16-22(8-11-25(26)29(33)34)23-14-18(3)28(19(4)15-23)35-13-12-30-20(5)27(32)21-6-9-24(31)10-7-21;/h6-11,14-17,20,27,30-32H,12-13H2,1-5H3,(H,33,34);1H/t20-,27+;/m0./s1. The van der Waals surface area contributed by atoms with Gasteiger partial charge < -0.3 is 25.4 Å². The van der Waals surface area contributed by atoms with Gasteiger partial charge in [0.2, 0.25) is 0 Å². The third kappa shape index (κ3) is 7.00. The Morgan fingerprint density at radius 2 is 1.56 bits per heavy atom.